The van der Waals surface area contributed by atoms with Crippen molar-refractivity contribution >= 4 is 5.69 Å². The van der Waals surface area contributed by atoms with E-state index >= 15 is 0 Å². The quantitative estimate of drug-likeness (QED) is 0.843. The van der Waals surface area contributed by atoms with Gasteiger partial charge >= 0.3 is 0 Å². The van der Waals surface area contributed by atoms with Gasteiger partial charge in [-0.25, -0.2) is 0 Å². The molecule has 4 heteroatoms. The van der Waals surface area contributed by atoms with Crippen LogP contribution in [0.3, 0.4) is 0 Å². The van der Waals surface area contributed by atoms with Gasteiger partial charge in [-0.1, -0.05) is 26.0 Å². The van der Waals surface area contributed by atoms with Crippen molar-refractivity contribution in [2.75, 3.05) is 5.73 Å². The highest BCUT2D eigenvalue weighted by Crippen LogP contribution is 2.25. The SMILES string of the molecule is CC(C)c1cccc(N)c1COc1ccn(C)n1. The topological polar surface area (TPSA) is 53.1 Å². The van der Waals surface area contributed by atoms with E-state index < -0.39 is 0 Å². The molecule has 0 unspecified atom stereocenters. The summed E-state index contributed by atoms with van der Waals surface area (Å²) in [7, 11) is 1.86. The fourth-order valence-electron chi connectivity index (χ4n) is 1.95. The molecule has 1 aromatic carbocycles. The molecule has 0 aliphatic carbocycles. The third-order valence-corrected chi connectivity index (χ3v) is 2.92. The Morgan fingerprint density at radius 3 is 2.72 bits per heavy atom. The molecule has 0 bridgehead atoms. The molecule has 0 amide bonds. The largest absolute Gasteiger partial charge is 0.472 e. The first-order valence-corrected chi connectivity index (χ1v) is 6.07. The van der Waals surface area contributed by atoms with Crippen molar-refractivity contribution in [2.45, 2.75) is 26.4 Å². The van der Waals surface area contributed by atoms with Gasteiger partial charge in [0.25, 0.3) is 0 Å². The van der Waals surface area contributed by atoms with E-state index in [1.807, 2.05) is 31.4 Å². The lowest BCUT2D eigenvalue weighted by Gasteiger charge is -2.15. The Morgan fingerprint density at radius 2 is 2.11 bits per heavy atom. The predicted octanol–water partition coefficient (Wildman–Crippen LogP) is 2.70. The van der Waals surface area contributed by atoms with Gasteiger partial charge in [0.15, 0.2) is 0 Å². The van der Waals surface area contributed by atoms with Crippen LogP contribution in [-0.2, 0) is 13.7 Å². The minimum Gasteiger partial charge on any atom is -0.472 e. The molecule has 0 atom stereocenters. The lowest BCUT2D eigenvalue weighted by Crippen LogP contribution is -2.06. The van der Waals surface area contributed by atoms with Crippen molar-refractivity contribution in [3.05, 3.63) is 41.6 Å². The maximum Gasteiger partial charge on any atom is 0.233 e. The zero-order valence-electron chi connectivity index (χ0n) is 11.1. The van der Waals surface area contributed by atoms with Crippen LogP contribution in [0.5, 0.6) is 5.88 Å². The number of hydrogen-bond acceptors (Lipinski definition) is 3. The highest BCUT2D eigenvalue weighted by atomic mass is 16.5. The van der Waals surface area contributed by atoms with Crippen LogP contribution in [-0.4, -0.2) is 9.78 Å². The molecule has 0 radical (unpaired) electrons. The molecule has 96 valence electrons. The molecular weight excluding hydrogens is 226 g/mol. The van der Waals surface area contributed by atoms with E-state index in [4.69, 9.17) is 10.5 Å². The number of hydrogen-bond donors (Lipinski definition) is 1. The monoisotopic (exact) mass is 245 g/mol. The Kier molecular flexibility index (Phi) is 3.55. The summed E-state index contributed by atoms with van der Waals surface area (Å²) in [6.45, 7) is 4.76. The molecular formula is C14H19N3O. The van der Waals surface area contributed by atoms with E-state index in [2.05, 4.69) is 25.0 Å². The van der Waals surface area contributed by atoms with Crippen LogP contribution in [0.15, 0.2) is 30.5 Å². The second-order valence-electron chi connectivity index (χ2n) is 4.69. The smallest absolute Gasteiger partial charge is 0.233 e. The second-order valence-corrected chi connectivity index (χ2v) is 4.69. The summed E-state index contributed by atoms with van der Waals surface area (Å²) in [4.78, 5) is 0. The molecule has 4 nitrogen and oxygen atoms in total. The number of ether oxygens (including phenoxy) is 1. The van der Waals surface area contributed by atoms with Gasteiger partial charge in [-0.2, -0.15) is 0 Å². The van der Waals surface area contributed by atoms with E-state index in [9.17, 15) is 0 Å². The number of rotatable bonds is 4. The van der Waals surface area contributed by atoms with E-state index in [0.717, 1.165) is 11.3 Å². The molecule has 0 fully saturated rings. The van der Waals surface area contributed by atoms with Crippen molar-refractivity contribution in [2.24, 2.45) is 7.05 Å². The fraction of sp³-hybridized carbons (Fsp3) is 0.357. The first-order valence-electron chi connectivity index (χ1n) is 6.07. The summed E-state index contributed by atoms with van der Waals surface area (Å²) < 4.78 is 7.39. The zero-order chi connectivity index (χ0) is 13.1. The summed E-state index contributed by atoms with van der Waals surface area (Å²) in [5, 5.41) is 4.18. The Labute approximate surface area is 107 Å². The molecule has 1 aromatic heterocycles. The van der Waals surface area contributed by atoms with E-state index in [1.165, 1.54) is 5.56 Å². The number of aromatic nitrogens is 2. The lowest BCUT2D eigenvalue weighted by atomic mass is 9.96. The number of benzene rings is 1. The van der Waals surface area contributed by atoms with Gasteiger partial charge in [-0.15, -0.1) is 5.10 Å². The first kappa shape index (κ1) is 12.5. The normalized spacial score (nSPS) is 10.9. The minimum absolute atomic E-state index is 0.427. The molecule has 0 saturated carbocycles. The number of nitrogens with two attached hydrogens (primary N) is 1. The van der Waals surface area contributed by atoms with Crippen LogP contribution in [0.25, 0.3) is 0 Å². The van der Waals surface area contributed by atoms with E-state index in [0.29, 0.717) is 18.4 Å². The summed E-state index contributed by atoms with van der Waals surface area (Å²) in [6, 6.07) is 7.82. The Hall–Kier alpha value is -1.97. The summed E-state index contributed by atoms with van der Waals surface area (Å²) in [6.07, 6.45) is 1.85. The van der Waals surface area contributed by atoms with Gasteiger partial charge in [-0.05, 0) is 17.5 Å². The molecule has 18 heavy (non-hydrogen) atoms. The maximum atomic E-state index is 6.02. The Bertz CT molecular complexity index is 532. The number of nitrogens with zero attached hydrogens (tertiary/aromatic N) is 2. The van der Waals surface area contributed by atoms with Gasteiger partial charge in [0, 0.05) is 30.6 Å². The summed E-state index contributed by atoms with van der Waals surface area (Å²) >= 11 is 0. The Balaban J connectivity index is 2.18. The first-order chi connectivity index (χ1) is 8.58. The fourth-order valence-corrected chi connectivity index (χ4v) is 1.95. The van der Waals surface area contributed by atoms with Crippen molar-refractivity contribution < 1.29 is 4.74 Å². The number of anilines is 1. The second kappa shape index (κ2) is 5.12. The molecule has 2 rings (SSSR count). The third kappa shape index (κ3) is 2.64. The molecule has 0 aliphatic heterocycles. The highest BCUT2D eigenvalue weighted by Gasteiger charge is 2.10. The minimum atomic E-state index is 0.427. The molecule has 2 aromatic rings. The van der Waals surface area contributed by atoms with Crippen LogP contribution >= 0.6 is 0 Å². The standard InChI is InChI=1S/C14H19N3O/c1-10(2)11-5-4-6-13(15)12(11)9-18-14-7-8-17(3)16-14/h4-8,10H,9,15H2,1-3H3. The van der Waals surface area contributed by atoms with Gasteiger partial charge in [-0.3, -0.25) is 4.68 Å². The molecule has 0 spiro atoms. The van der Waals surface area contributed by atoms with Gasteiger partial charge in [0.05, 0.1) is 0 Å². The Morgan fingerprint density at radius 1 is 1.33 bits per heavy atom. The third-order valence-electron chi connectivity index (χ3n) is 2.92. The van der Waals surface area contributed by atoms with Gasteiger partial charge in [0.1, 0.15) is 6.61 Å². The molecule has 0 aliphatic rings. The van der Waals surface area contributed by atoms with Crippen molar-refractivity contribution in [1.82, 2.24) is 9.78 Å². The summed E-state index contributed by atoms with van der Waals surface area (Å²) in [5.41, 5.74) is 9.08. The van der Waals surface area contributed by atoms with E-state index in [-0.39, 0.29) is 0 Å². The van der Waals surface area contributed by atoms with Gasteiger partial charge in [0.2, 0.25) is 5.88 Å². The molecule has 2 N–H and O–H groups in total. The van der Waals surface area contributed by atoms with Crippen LogP contribution in [0.1, 0.15) is 30.9 Å². The van der Waals surface area contributed by atoms with Crippen molar-refractivity contribution in [3.63, 3.8) is 0 Å². The highest BCUT2D eigenvalue weighted by molar-refractivity contribution is 5.51. The maximum absolute atomic E-state index is 6.02. The average Bonchev–Trinajstić information content (AvgIpc) is 2.73. The van der Waals surface area contributed by atoms with Crippen LogP contribution < -0.4 is 10.5 Å². The predicted molar refractivity (Wildman–Crippen MR) is 72.5 cm³/mol. The van der Waals surface area contributed by atoms with Crippen molar-refractivity contribution in [1.29, 1.82) is 0 Å². The number of nitrogen functional groups attached to an aromatic ring is 1. The summed E-state index contributed by atoms with van der Waals surface area (Å²) in [5.74, 6) is 1.05. The molecule has 1 heterocycles. The lowest BCUT2D eigenvalue weighted by molar-refractivity contribution is 0.290. The molecule has 0 saturated heterocycles. The van der Waals surface area contributed by atoms with Crippen LogP contribution in [0.4, 0.5) is 5.69 Å². The van der Waals surface area contributed by atoms with Crippen LogP contribution in [0.2, 0.25) is 0 Å². The van der Waals surface area contributed by atoms with E-state index in [1.54, 1.807) is 4.68 Å². The van der Waals surface area contributed by atoms with Crippen LogP contribution in [0, 0.1) is 0 Å². The zero-order valence-corrected chi connectivity index (χ0v) is 11.1. The number of aryl methyl sites for hydroxylation is 1. The van der Waals surface area contributed by atoms with Crippen molar-refractivity contribution in [3.8, 4) is 5.88 Å². The van der Waals surface area contributed by atoms with Gasteiger partial charge < -0.3 is 10.5 Å². The average molecular weight is 245 g/mol.